The Hall–Kier alpha value is -1.68. The van der Waals surface area contributed by atoms with Gasteiger partial charge in [-0.15, -0.1) is 0 Å². The number of nitrogens with one attached hydrogen (secondary N) is 1. The topological polar surface area (TPSA) is 66.4 Å². The SMILES string of the molecule is CC(C)C(C)(O)CNC(=O)CCC(=O)c1ccc2c(c1)CCC2. The highest BCUT2D eigenvalue weighted by molar-refractivity contribution is 5.98. The van der Waals surface area contributed by atoms with E-state index in [4.69, 9.17) is 0 Å². The Labute approximate surface area is 138 Å². The fraction of sp³-hybridized carbons (Fsp3) is 0.579. The molecule has 1 aromatic rings. The summed E-state index contributed by atoms with van der Waals surface area (Å²) < 4.78 is 0. The molecular formula is C19H27NO3. The lowest BCUT2D eigenvalue weighted by atomic mass is 9.92. The summed E-state index contributed by atoms with van der Waals surface area (Å²) in [6.07, 6.45) is 3.66. The van der Waals surface area contributed by atoms with Crippen LogP contribution in [0.4, 0.5) is 0 Å². The van der Waals surface area contributed by atoms with E-state index in [9.17, 15) is 14.7 Å². The van der Waals surface area contributed by atoms with Crippen LogP contribution >= 0.6 is 0 Å². The molecule has 1 aliphatic carbocycles. The third-order valence-electron chi connectivity index (χ3n) is 4.89. The summed E-state index contributed by atoms with van der Waals surface area (Å²) in [5, 5.41) is 12.8. The second kappa shape index (κ2) is 7.26. The van der Waals surface area contributed by atoms with Crippen LogP contribution in [0.5, 0.6) is 0 Å². The van der Waals surface area contributed by atoms with E-state index in [1.54, 1.807) is 6.92 Å². The Bertz CT molecular complexity index is 590. The minimum absolute atomic E-state index is 0.00506. The predicted octanol–water partition coefficient (Wildman–Crippen LogP) is 2.66. The fourth-order valence-corrected chi connectivity index (χ4v) is 2.69. The summed E-state index contributed by atoms with van der Waals surface area (Å²) >= 11 is 0. The Morgan fingerprint density at radius 3 is 2.61 bits per heavy atom. The van der Waals surface area contributed by atoms with Crippen molar-refractivity contribution in [3.63, 3.8) is 0 Å². The van der Waals surface area contributed by atoms with Crippen molar-refractivity contribution in [1.29, 1.82) is 0 Å². The van der Waals surface area contributed by atoms with E-state index in [0.29, 0.717) is 5.56 Å². The van der Waals surface area contributed by atoms with Gasteiger partial charge >= 0.3 is 0 Å². The maximum atomic E-state index is 12.2. The van der Waals surface area contributed by atoms with Crippen LogP contribution in [0.3, 0.4) is 0 Å². The van der Waals surface area contributed by atoms with E-state index in [1.807, 2.05) is 32.0 Å². The van der Waals surface area contributed by atoms with E-state index >= 15 is 0 Å². The van der Waals surface area contributed by atoms with Gasteiger partial charge < -0.3 is 10.4 Å². The Kier molecular flexibility index (Phi) is 5.58. The molecule has 1 atom stereocenters. The summed E-state index contributed by atoms with van der Waals surface area (Å²) in [7, 11) is 0. The quantitative estimate of drug-likeness (QED) is 0.760. The van der Waals surface area contributed by atoms with Crippen molar-refractivity contribution < 1.29 is 14.7 Å². The van der Waals surface area contributed by atoms with E-state index < -0.39 is 5.60 Å². The molecule has 23 heavy (non-hydrogen) atoms. The second-order valence-electron chi connectivity index (χ2n) is 7.05. The number of aryl methyl sites for hydroxylation is 2. The van der Waals surface area contributed by atoms with Gasteiger partial charge in [0.25, 0.3) is 0 Å². The van der Waals surface area contributed by atoms with Gasteiger partial charge in [0.05, 0.1) is 5.60 Å². The van der Waals surface area contributed by atoms with Gasteiger partial charge in [0.15, 0.2) is 5.78 Å². The zero-order valence-electron chi connectivity index (χ0n) is 14.3. The van der Waals surface area contributed by atoms with Crippen LogP contribution in [-0.4, -0.2) is 28.9 Å². The van der Waals surface area contributed by atoms with Crippen molar-refractivity contribution >= 4 is 11.7 Å². The molecule has 0 aliphatic heterocycles. The van der Waals surface area contributed by atoms with Crippen molar-refractivity contribution in [3.05, 3.63) is 34.9 Å². The fourth-order valence-electron chi connectivity index (χ4n) is 2.69. The number of amides is 1. The number of rotatable bonds is 7. The van der Waals surface area contributed by atoms with Gasteiger partial charge in [-0.3, -0.25) is 9.59 Å². The number of ketones is 1. The summed E-state index contributed by atoms with van der Waals surface area (Å²) in [6.45, 7) is 5.72. The molecule has 126 valence electrons. The van der Waals surface area contributed by atoms with Crippen LogP contribution in [0.15, 0.2) is 18.2 Å². The molecule has 0 aromatic heterocycles. The molecule has 2 rings (SSSR count). The van der Waals surface area contributed by atoms with E-state index in [2.05, 4.69) is 5.32 Å². The highest BCUT2D eigenvalue weighted by Gasteiger charge is 2.25. The molecule has 4 nitrogen and oxygen atoms in total. The first-order valence-electron chi connectivity index (χ1n) is 8.43. The number of aliphatic hydroxyl groups is 1. The first-order valence-corrected chi connectivity index (χ1v) is 8.43. The first kappa shape index (κ1) is 17.7. The molecule has 0 saturated carbocycles. The second-order valence-corrected chi connectivity index (χ2v) is 7.05. The minimum atomic E-state index is -0.931. The molecular weight excluding hydrogens is 290 g/mol. The summed E-state index contributed by atoms with van der Waals surface area (Å²) in [6, 6.07) is 5.88. The molecule has 0 saturated heterocycles. The summed E-state index contributed by atoms with van der Waals surface area (Å²) in [4.78, 5) is 24.1. The molecule has 0 bridgehead atoms. The minimum Gasteiger partial charge on any atom is -0.388 e. The number of hydrogen-bond acceptors (Lipinski definition) is 3. The molecule has 0 radical (unpaired) electrons. The maximum Gasteiger partial charge on any atom is 0.220 e. The van der Waals surface area contributed by atoms with Crippen molar-refractivity contribution in [2.24, 2.45) is 5.92 Å². The highest BCUT2D eigenvalue weighted by atomic mass is 16.3. The van der Waals surface area contributed by atoms with Crippen molar-refractivity contribution in [2.75, 3.05) is 6.54 Å². The number of carbonyl (C=O) groups is 2. The third kappa shape index (κ3) is 4.64. The normalized spacial score (nSPS) is 16.0. The van der Waals surface area contributed by atoms with Crippen LogP contribution in [0.2, 0.25) is 0 Å². The number of fused-ring (bicyclic) bond motifs is 1. The van der Waals surface area contributed by atoms with Gasteiger partial charge in [-0.25, -0.2) is 0 Å². The smallest absolute Gasteiger partial charge is 0.220 e. The number of Topliss-reactive ketones (excluding diaryl/α,β-unsaturated/α-hetero) is 1. The van der Waals surface area contributed by atoms with E-state index in [-0.39, 0.29) is 37.0 Å². The Balaban J connectivity index is 1.81. The van der Waals surface area contributed by atoms with Crippen LogP contribution in [0.25, 0.3) is 0 Å². The molecule has 1 unspecified atom stereocenters. The molecule has 1 aromatic carbocycles. The van der Waals surface area contributed by atoms with Crippen LogP contribution in [0.1, 0.15) is 61.5 Å². The molecule has 4 heteroatoms. The zero-order valence-corrected chi connectivity index (χ0v) is 14.3. The lowest BCUT2D eigenvalue weighted by Gasteiger charge is -2.27. The van der Waals surface area contributed by atoms with Crippen LogP contribution in [-0.2, 0) is 17.6 Å². The molecule has 0 spiro atoms. The van der Waals surface area contributed by atoms with Gasteiger partial charge in [0.1, 0.15) is 0 Å². The van der Waals surface area contributed by atoms with Gasteiger partial charge in [0.2, 0.25) is 5.91 Å². The standard InChI is InChI=1S/C19H27NO3/c1-13(2)19(3,23)12-20-18(22)10-9-17(21)16-8-7-14-5-4-6-15(14)11-16/h7-8,11,13,23H,4-6,9-10,12H2,1-3H3,(H,20,22). The predicted molar refractivity (Wildman–Crippen MR) is 90.5 cm³/mol. The van der Waals surface area contributed by atoms with Crippen molar-refractivity contribution in [3.8, 4) is 0 Å². The number of carbonyl (C=O) groups excluding carboxylic acids is 2. The van der Waals surface area contributed by atoms with Crippen LogP contribution in [0, 0.1) is 5.92 Å². The lowest BCUT2D eigenvalue weighted by Crippen LogP contribution is -2.44. The zero-order chi connectivity index (χ0) is 17.0. The number of benzene rings is 1. The van der Waals surface area contributed by atoms with Crippen LogP contribution < -0.4 is 5.32 Å². The van der Waals surface area contributed by atoms with Gasteiger partial charge in [-0.05, 0) is 49.3 Å². The monoisotopic (exact) mass is 317 g/mol. The number of hydrogen-bond donors (Lipinski definition) is 2. The average molecular weight is 317 g/mol. The van der Waals surface area contributed by atoms with E-state index in [0.717, 1.165) is 19.3 Å². The Morgan fingerprint density at radius 2 is 1.91 bits per heavy atom. The van der Waals surface area contributed by atoms with Gasteiger partial charge in [0, 0.05) is 24.9 Å². The maximum absolute atomic E-state index is 12.2. The summed E-state index contributed by atoms with van der Waals surface area (Å²) in [5.41, 5.74) is 2.38. The highest BCUT2D eigenvalue weighted by Crippen LogP contribution is 2.23. The molecule has 2 N–H and O–H groups in total. The summed E-state index contributed by atoms with van der Waals surface area (Å²) in [5.74, 6) is -0.137. The molecule has 0 fully saturated rings. The molecule has 1 aliphatic rings. The third-order valence-corrected chi connectivity index (χ3v) is 4.89. The van der Waals surface area contributed by atoms with Gasteiger partial charge in [-0.2, -0.15) is 0 Å². The first-order chi connectivity index (χ1) is 10.8. The average Bonchev–Trinajstić information content (AvgIpc) is 2.97. The van der Waals surface area contributed by atoms with Crippen molar-refractivity contribution in [1.82, 2.24) is 5.32 Å². The largest absolute Gasteiger partial charge is 0.388 e. The van der Waals surface area contributed by atoms with E-state index in [1.165, 1.54) is 11.1 Å². The Morgan fingerprint density at radius 1 is 1.22 bits per heavy atom. The molecule has 1 amide bonds. The van der Waals surface area contributed by atoms with Crippen molar-refractivity contribution in [2.45, 2.75) is 58.5 Å². The lowest BCUT2D eigenvalue weighted by molar-refractivity contribution is -0.122. The molecule has 0 heterocycles. The van der Waals surface area contributed by atoms with Gasteiger partial charge in [-0.1, -0.05) is 26.0 Å².